The Hall–Kier alpha value is -3.62. The minimum absolute atomic E-state index is 0.198. The number of fused-ring (bicyclic) bond motifs is 3. The average molecular weight is 483 g/mol. The lowest BCUT2D eigenvalue weighted by atomic mass is 10.0. The monoisotopic (exact) mass is 482 g/mol. The number of amides is 2. The molecule has 0 saturated heterocycles. The lowest BCUT2D eigenvalue weighted by Gasteiger charge is -2.25. The molecule has 188 valence electrons. The molecule has 3 rings (SSSR count). The van der Waals surface area contributed by atoms with E-state index in [1.165, 1.54) is 13.1 Å². The van der Waals surface area contributed by atoms with Crippen LogP contribution < -0.4 is 20.9 Å². The second kappa shape index (κ2) is 10.3. The Morgan fingerprint density at radius 2 is 1.83 bits per heavy atom. The zero-order chi connectivity index (χ0) is 25.9. The van der Waals surface area contributed by atoms with Crippen LogP contribution in [0.4, 0.5) is 10.6 Å². The highest BCUT2D eigenvalue weighted by atomic mass is 16.6. The Morgan fingerprint density at radius 3 is 2.46 bits per heavy atom. The quantitative estimate of drug-likeness (QED) is 0.484. The van der Waals surface area contributed by atoms with Gasteiger partial charge in [-0.15, -0.1) is 0 Å². The molecule has 2 amide bonds. The Kier molecular flexibility index (Phi) is 7.67. The molecule has 0 radical (unpaired) electrons. The molecular formula is C26H34N4O5. The molecule has 0 unspecified atom stereocenters. The lowest BCUT2D eigenvalue weighted by molar-refractivity contribution is -0.114. The third-order valence-corrected chi connectivity index (χ3v) is 5.29. The molecule has 2 aromatic heterocycles. The van der Waals surface area contributed by atoms with E-state index in [9.17, 15) is 14.4 Å². The highest BCUT2D eigenvalue weighted by molar-refractivity contribution is 6.07. The number of ether oxygens (including phenoxy) is 2. The molecule has 2 heterocycles. The van der Waals surface area contributed by atoms with Gasteiger partial charge in [-0.25, -0.2) is 9.78 Å². The molecule has 0 saturated carbocycles. The number of hydrogen-bond donors (Lipinski definition) is 2. The van der Waals surface area contributed by atoms with E-state index in [2.05, 4.69) is 29.5 Å². The molecule has 0 bridgehead atoms. The van der Waals surface area contributed by atoms with Crippen LogP contribution in [0, 0.1) is 5.92 Å². The van der Waals surface area contributed by atoms with Gasteiger partial charge in [0.25, 0.3) is 5.56 Å². The van der Waals surface area contributed by atoms with Gasteiger partial charge in [-0.3, -0.25) is 9.59 Å². The van der Waals surface area contributed by atoms with Gasteiger partial charge in [0.05, 0.1) is 16.9 Å². The van der Waals surface area contributed by atoms with Gasteiger partial charge in [0.1, 0.15) is 23.8 Å². The number of pyridine rings is 2. The first-order valence-corrected chi connectivity index (χ1v) is 11.7. The number of nitrogens with zero attached hydrogens (tertiary/aromatic N) is 2. The summed E-state index contributed by atoms with van der Waals surface area (Å²) in [6.07, 6.45) is 1.71. The molecule has 0 spiro atoms. The van der Waals surface area contributed by atoms with Crippen molar-refractivity contribution >= 4 is 39.5 Å². The summed E-state index contributed by atoms with van der Waals surface area (Å²) in [6.45, 7) is 11.3. The van der Waals surface area contributed by atoms with Crippen molar-refractivity contribution in [3.63, 3.8) is 0 Å². The number of aromatic nitrogens is 2. The fourth-order valence-electron chi connectivity index (χ4n) is 3.90. The minimum atomic E-state index is -0.589. The maximum atomic E-state index is 12.9. The van der Waals surface area contributed by atoms with E-state index >= 15 is 0 Å². The van der Waals surface area contributed by atoms with Gasteiger partial charge in [-0.2, -0.15) is 0 Å². The summed E-state index contributed by atoms with van der Waals surface area (Å²) in [5.41, 5.74) is -0.106. The van der Waals surface area contributed by atoms with Crippen molar-refractivity contribution in [2.75, 3.05) is 11.9 Å². The highest BCUT2D eigenvalue weighted by Crippen LogP contribution is 2.27. The van der Waals surface area contributed by atoms with Crippen LogP contribution >= 0.6 is 0 Å². The van der Waals surface area contributed by atoms with Crippen LogP contribution in [0.25, 0.3) is 21.7 Å². The highest BCUT2D eigenvalue weighted by Gasteiger charge is 2.21. The SMILES string of the molecule is CC(=O)Nc1cc2c(cn1)c(=O)n(C)c1cc(OC[C@H](CC(C)C)NC(=O)OC(C)(C)C)ccc21. The number of benzene rings is 1. The van der Waals surface area contributed by atoms with Crippen LogP contribution in [0.2, 0.25) is 0 Å². The minimum Gasteiger partial charge on any atom is -0.491 e. The largest absolute Gasteiger partial charge is 0.491 e. The molecule has 2 N–H and O–H groups in total. The summed E-state index contributed by atoms with van der Waals surface area (Å²) in [6, 6.07) is 6.96. The van der Waals surface area contributed by atoms with E-state index in [1.807, 2.05) is 32.9 Å². The van der Waals surface area contributed by atoms with Crippen molar-refractivity contribution in [1.29, 1.82) is 0 Å². The van der Waals surface area contributed by atoms with Crippen molar-refractivity contribution in [3.05, 3.63) is 40.8 Å². The van der Waals surface area contributed by atoms with Gasteiger partial charge in [-0.1, -0.05) is 13.8 Å². The molecule has 9 heteroatoms. The number of rotatable bonds is 7. The molecular weight excluding hydrogens is 448 g/mol. The second-order valence-electron chi connectivity index (χ2n) is 10.1. The van der Waals surface area contributed by atoms with Crippen LogP contribution in [-0.4, -0.2) is 39.8 Å². The summed E-state index contributed by atoms with van der Waals surface area (Å²) in [7, 11) is 1.70. The van der Waals surface area contributed by atoms with E-state index in [4.69, 9.17) is 9.47 Å². The normalized spacial score (nSPS) is 12.6. The molecule has 0 fully saturated rings. The molecule has 3 aromatic rings. The van der Waals surface area contributed by atoms with E-state index in [0.717, 1.165) is 11.8 Å². The molecule has 9 nitrogen and oxygen atoms in total. The number of anilines is 1. The van der Waals surface area contributed by atoms with Gasteiger partial charge in [0.2, 0.25) is 5.91 Å². The smallest absolute Gasteiger partial charge is 0.407 e. The van der Waals surface area contributed by atoms with Gasteiger partial charge >= 0.3 is 6.09 Å². The standard InChI is InChI=1S/C26H34N4O5/c1-15(2)10-17(29-25(33)35-26(4,5)6)14-34-18-8-9-19-20-12-23(28-16(3)31)27-13-21(20)24(32)30(7)22(19)11-18/h8-9,11-13,15,17H,10,14H2,1-7H3,(H,29,33)(H,27,28,31)/t17-/m0/s1. The number of hydrogen-bond acceptors (Lipinski definition) is 6. The third kappa shape index (κ3) is 6.71. The van der Waals surface area contributed by atoms with Crippen LogP contribution in [0.3, 0.4) is 0 Å². The lowest BCUT2D eigenvalue weighted by Crippen LogP contribution is -2.42. The van der Waals surface area contributed by atoms with Gasteiger partial charge in [-0.05, 0) is 51.3 Å². The number of carbonyl (C=O) groups is 2. The molecule has 0 aliphatic heterocycles. The second-order valence-corrected chi connectivity index (χ2v) is 10.1. The molecule has 1 atom stereocenters. The molecule has 1 aromatic carbocycles. The van der Waals surface area contributed by atoms with Gasteiger partial charge in [0, 0.05) is 37.0 Å². The summed E-state index contributed by atoms with van der Waals surface area (Å²) >= 11 is 0. The number of carbonyl (C=O) groups excluding carboxylic acids is 2. The van der Waals surface area contributed by atoms with E-state index in [0.29, 0.717) is 33.8 Å². The van der Waals surface area contributed by atoms with Crippen molar-refractivity contribution in [1.82, 2.24) is 14.9 Å². The first-order valence-electron chi connectivity index (χ1n) is 11.7. The Balaban J connectivity index is 1.89. The van der Waals surface area contributed by atoms with Crippen LogP contribution in [-0.2, 0) is 16.6 Å². The van der Waals surface area contributed by atoms with Gasteiger partial charge < -0.3 is 24.7 Å². The fourth-order valence-corrected chi connectivity index (χ4v) is 3.90. The van der Waals surface area contributed by atoms with Crippen LogP contribution in [0.1, 0.15) is 48.0 Å². The number of aryl methyl sites for hydroxylation is 1. The number of nitrogens with one attached hydrogen (secondary N) is 2. The van der Waals surface area contributed by atoms with Crippen LogP contribution in [0.5, 0.6) is 5.75 Å². The van der Waals surface area contributed by atoms with Crippen molar-refractivity contribution in [2.45, 2.75) is 59.6 Å². The maximum Gasteiger partial charge on any atom is 0.407 e. The van der Waals surface area contributed by atoms with Crippen LogP contribution in [0.15, 0.2) is 35.3 Å². The van der Waals surface area contributed by atoms with E-state index in [1.54, 1.807) is 23.7 Å². The first-order chi connectivity index (χ1) is 16.3. The zero-order valence-electron chi connectivity index (χ0n) is 21.4. The topological polar surface area (TPSA) is 112 Å². The number of alkyl carbamates (subject to hydrolysis) is 1. The van der Waals surface area contributed by atoms with Crippen molar-refractivity contribution < 1.29 is 19.1 Å². The summed E-state index contributed by atoms with van der Waals surface area (Å²) < 4.78 is 13.0. The van der Waals surface area contributed by atoms with Gasteiger partial charge in [0.15, 0.2) is 0 Å². The summed E-state index contributed by atoms with van der Waals surface area (Å²) in [4.78, 5) is 40.8. The van der Waals surface area contributed by atoms with E-state index in [-0.39, 0.29) is 24.1 Å². The van der Waals surface area contributed by atoms with Crippen molar-refractivity contribution in [2.24, 2.45) is 13.0 Å². The molecule has 35 heavy (non-hydrogen) atoms. The summed E-state index contributed by atoms with van der Waals surface area (Å²) in [5.74, 6) is 1.05. The third-order valence-electron chi connectivity index (χ3n) is 5.29. The average Bonchev–Trinajstić information content (AvgIpc) is 2.73. The van der Waals surface area contributed by atoms with E-state index < -0.39 is 11.7 Å². The van der Waals surface area contributed by atoms with Crippen molar-refractivity contribution in [3.8, 4) is 5.75 Å². The summed E-state index contributed by atoms with van der Waals surface area (Å²) in [5, 5.41) is 7.53. The molecule has 0 aliphatic rings. The Morgan fingerprint density at radius 1 is 1.11 bits per heavy atom. The zero-order valence-corrected chi connectivity index (χ0v) is 21.4. The maximum absolute atomic E-state index is 12.9. The first kappa shape index (κ1) is 26.0. The predicted octanol–water partition coefficient (Wildman–Crippen LogP) is 4.36. The fraction of sp³-hybridized carbons (Fsp3) is 0.462. The predicted molar refractivity (Wildman–Crippen MR) is 137 cm³/mol. The Bertz CT molecular complexity index is 1310. The Labute approximate surface area is 204 Å². The molecule has 0 aliphatic carbocycles.